The number of hydrogen-bond acceptors (Lipinski definition) is 2. The third kappa shape index (κ3) is 2.83. The molecule has 1 aliphatic rings. The van der Waals surface area contributed by atoms with Gasteiger partial charge in [0.05, 0.1) is 21.7 Å². The van der Waals surface area contributed by atoms with Crippen molar-refractivity contribution in [2.24, 2.45) is 0 Å². The monoisotopic (exact) mass is 266 g/mol. The van der Waals surface area contributed by atoms with E-state index >= 15 is 0 Å². The highest BCUT2D eigenvalue weighted by Gasteiger charge is 2.38. The summed E-state index contributed by atoms with van der Waals surface area (Å²) in [7, 11) is -1.12. The third-order valence-corrected chi connectivity index (χ3v) is 5.87. The molecule has 0 aromatic heterocycles. The van der Waals surface area contributed by atoms with E-state index in [1.54, 1.807) is 0 Å². The molecule has 2 nitrogen and oxygen atoms in total. The first-order valence-electron chi connectivity index (χ1n) is 6.72. The van der Waals surface area contributed by atoms with Crippen molar-refractivity contribution in [3.05, 3.63) is 29.8 Å². The Bertz CT molecular complexity index is 419. The molecular weight excluding hydrogens is 244 g/mol. The minimum absolute atomic E-state index is 0.194. The van der Waals surface area contributed by atoms with Crippen LogP contribution in [0.2, 0.25) is 0 Å². The summed E-state index contributed by atoms with van der Waals surface area (Å²) in [5.74, 6) is 0. The Balaban J connectivity index is 2.15. The van der Waals surface area contributed by atoms with Crippen molar-refractivity contribution >= 4 is 10.8 Å². The van der Waals surface area contributed by atoms with Gasteiger partial charge in [-0.1, -0.05) is 37.0 Å². The van der Waals surface area contributed by atoms with Gasteiger partial charge in [-0.2, -0.15) is 0 Å². The molecule has 0 amide bonds. The zero-order valence-electron chi connectivity index (χ0n) is 11.2. The molecule has 1 saturated carbocycles. The van der Waals surface area contributed by atoms with Gasteiger partial charge in [0.25, 0.3) is 0 Å². The van der Waals surface area contributed by atoms with Crippen LogP contribution in [0.1, 0.15) is 44.6 Å². The lowest BCUT2D eigenvalue weighted by Gasteiger charge is -2.36. The van der Waals surface area contributed by atoms with Gasteiger partial charge in [-0.05, 0) is 38.8 Å². The van der Waals surface area contributed by atoms with Crippen molar-refractivity contribution in [2.45, 2.75) is 61.7 Å². The van der Waals surface area contributed by atoms with E-state index in [1.807, 2.05) is 38.1 Å². The van der Waals surface area contributed by atoms with Gasteiger partial charge in [0, 0.05) is 4.90 Å². The van der Waals surface area contributed by atoms with Crippen LogP contribution in [0.25, 0.3) is 0 Å². The predicted molar refractivity (Wildman–Crippen MR) is 75.1 cm³/mol. The van der Waals surface area contributed by atoms with E-state index in [2.05, 4.69) is 0 Å². The van der Waals surface area contributed by atoms with Gasteiger partial charge in [0.2, 0.25) is 0 Å². The van der Waals surface area contributed by atoms with Crippen molar-refractivity contribution in [1.82, 2.24) is 0 Å². The van der Waals surface area contributed by atoms with E-state index in [1.165, 1.54) is 12.0 Å². The normalized spacial score (nSPS) is 22.4. The van der Waals surface area contributed by atoms with E-state index in [9.17, 15) is 9.32 Å². The number of rotatable bonds is 3. The number of aryl methyl sites for hydroxylation is 1. The molecule has 2 rings (SSSR count). The number of aliphatic hydroxyl groups is 1. The molecule has 0 bridgehead atoms. The van der Waals surface area contributed by atoms with Crippen LogP contribution in [0.4, 0.5) is 0 Å². The van der Waals surface area contributed by atoms with Gasteiger partial charge in [-0.15, -0.1) is 0 Å². The summed E-state index contributed by atoms with van der Waals surface area (Å²) in [4.78, 5) is 0.826. The summed E-state index contributed by atoms with van der Waals surface area (Å²) in [6.45, 7) is 3.94. The molecule has 0 radical (unpaired) electrons. The van der Waals surface area contributed by atoms with Crippen molar-refractivity contribution in [1.29, 1.82) is 0 Å². The van der Waals surface area contributed by atoms with E-state index in [0.717, 1.165) is 30.6 Å². The summed E-state index contributed by atoms with van der Waals surface area (Å²) in [6.07, 6.45) is 4.85. The predicted octanol–water partition coefficient (Wildman–Crippen LogP) is 3.19. The maximum absolute atomic E-state index is 12.5. The highest BCUT2D eigenvalue weighted by Crippen LogP contribution is 2.34. The molecule has 1 aliphatic carbocycles. The lowest BCUT2D eigenvalue weighted by Crippen LogP contribution is -2.44. The molecule has 0 aliphatic heterocycles. The Kier molecular flexibility index (Phi) is 4.23. The van der Waals surface area contributed by atoms with Gasteiger partial charge in [0.1, 0.15) is 0 Å². The summed E-state index contributed by atoms with van der Waals surface area (Å²) < 4.78 is 12.5. The Morgan fingerprint density at radius 3 is 2.28 bits per heavy atom. The molecule has 1 N–H and O–H groups in total. The fraction of sp³-hybridized carbons (Fsp3) is 0.600. The van der Waals surface area contributed by atoms with Gasteiger partial charge in [0.15, 0.2) is 0 Å². The topological polar surface area (TPSA) is 37.3 Å². The van der Waals surface area contributed by atoms with Crippen molar-refractivity contribution in [3.63, 3.8) is 0 Å². The Hall–Kier alpha value is -0.670. The van der Waals surface area contributed by atoms with Gasteiger partial charge >= 0.3 is 0 Å². The standard InChI is InChI=1S/C15H22O2S/c1-12-6-8-14(9-7-12)18(17)13(2)15(16)10-4-3-5-11-15/h6-9,13,16H,3-5,10-11H2,1-2H3. The smallest absolute Gasteiger partial charge is 0.0791 e. The Morgan fingerprint density at radius 2 is 1.72 bits per heavy atom. The van der Waals surface area contributed by atoms with E-state index in [-0.39, 0.29) is 5.25 Å². The first-order chi connectivity index (χ1) is 8.53. The van der Waals surface area contributed by atoms with Crippen LogP contribution in [0.3, 0.4) is 0 Å². The average Bonchev–Trinajstić information content (AvgIpc) is 2.39. The summed E-state index contributed by atoms with van der Waals surface area (Å²) in [5.41, 5.74) is 0.424. The fourth-order valence-corrected chi connectivity index (χ4v) is 4.09. The van der Waals surface area contributed by atoms with Crippen molar-refractivity contribution in [3.8, 4) is 0 Å². The second-order valence-electron chi connectivity index (χ2n) is 5.42. The summed E-state index contributed by atoms with van der Waals surface area (Å²) in [5, 5.41) is 10.4. The fourth-order valence-electron chi connectivity index (χ4n) is 2.65. The minimum atomic E-state index is -1.12. The summed E-state index contributed by atoms with van der Waals surface area (Å²) >= 11 is 0. The zero-order chi connectivity index (χ0) is 13.2. The molecule has 100 valence electrons. The molecular formula is C15H22O2S. The maximum atomic E-state index is 12.5. The van der Waals surface area contributed by atoms with Crippen molar-refractivity contribution < 1.29 is 9.32 Å². The zero-order valence-corrected chi connectivity index (χ0v) is 12.0. The van der Waals surface area contributed by atoms with E-state index in [4.69, 9.17) is 0 Å². The van der Waals surface area contributed by atoms with E-state index < -0.39 is 16.4 Å². The maximum Gasteiger partial charge on any atom is 0.0791 e. The van der Waals surface area contributed by atoms with Gasteiger partial charge in [-0.25, -0.2) is 0 Å². The number of hydrogen-bond donors (Lipinski definition) is 1. The van der Waals surface area contributed by atoms with E-state index in [0.29, 0.717) is 0 Å². The molecule has 1 fully saturated rings. The first kappa shape index (κ1) is 13.8. The van der Waals surface area contributed by atoms with Crippen LogP contribution in [-0.4, -0.2) is 20.2 Å². The lowest BCUT2D eigenvalue weighted by molar-refractivity contribution is 0.00495. The van der Waals surface area contributed by atoms with Crippen LogP contribution < -0.4 is 0 Å². The minimum Gasteiger partial charge on any atom is -0.389 e. The average molecular weight is 266 g/mol. The van der Waals surface area contributed by atoms with Crippen LogP contribution >= 0.6 is 0 Å². The molecule has 2 atom stereocenters. The van der Waals surface area contributed by atoms with Gasteiger partial charge in [-0.3, -0.25) is 4.21 Å². The lowest BCUT2D eigenvalue weighted by atomic mass is 9.83. The largest absolute Gasteiger partial charge is 0.389 e. The Labute approximate surface area is 112 Å². The molecule has 0 heterocycles. The highest BCUT2D eigenvalue weighted by molar-refractivity contribution is 7.85. The summed E-state index contributed by atoms with van der Waals surface area (Å²) in [6, 6.07) is 7.78. The molecule has 18 heavy (non-hydrogen) atoms. The first-order valence-corrected chi connectivity index (χ1v) is 7.94. The third-order valence-electron chi connectivity index (χ3n) is 4.05. The van der Waals surface area contributed by atoms with Crippen LogP contribution in [0.15, 0.2) is 29.2 Å². The molecule has 0 spiro atoms. The number of benzene rings is 1. The van der Waals surface area contributed by atoms with Crippen LogP contribution in [-0.2, 0) is 10.8 Å². The molecule has 0 saturated heterocycles. The van der Waals surface area contributed by atoms with Crippen LogP contribution in [0.5, 0.6) is 0 Å². The van der Waals surface area contributed by atoms with Gasteiger partial charge < -0.3 is 5.11 Å². The highest BCUT2D eigenvalue weighted by atomic mass is 32.2. The molecule has 1 aromatic carbocycles. The Morgan fingerprint density at radius 1 is 1.17 bits per heavy atom. The molecule has 3 heteroatoms. The quantitative estimate of drug-likeness (QED) is 0.912. The second kappa shape index (κ2) is 5.54. The van der Waals surface area contributed by atoms with Crippen molar-refractivity contribution in [2.75, 3.05) is 0 Å². The van der Waals surface area contributed by atoms with Crippen LogP contribution in [0, 0.1) is 6.92 Å². The molecule has 1 aromatic rings. The SMILES string of the molecule is Cc1ccc(S(=O)C(C)C2(O)CCCCC2)cc1. The molecule has 2 unspecified atom stereocenters. The second-order valence-corrected chi connectivity index (χ2v) is 7.19.